The van der Waals surface area contributed by atoms with Crippen molar-refractivity contribution < 1.29 is 4.74 Å². The van der Waals surface area contributed by atoms with Gasteiger partial charge in [-0.25, -0.2) is 0 Å². The largest absolute Gasteiger partial charge is 0.487 e. The molecule has 0 saturated heterocycles. The lowest BCUT2D eigenvalue weighted by atomic mass is 9.94. The number of pyridine rings is 1. The van der Waals surface area contributed by atoms with Gasteiger partial charge in [-0.05, 0) is 79.4 Å². The number of nitrogens with one attached hydrogen (secondary N) is 1. The summed E-state index contributed by atoms with van der Waals surface area (Å²) in [6.45, 7) is 6.68. The Morgan fingerprint density at radius 2 is 1.85 bits per heavy atom. The number of hydrogen-bond donors (Lipinski definition) is 1. The molecule has 0 unspecified atom stereocenters. The molecule has 2 heterocycles. The molecule has 4 rings (SSSR count). The highest BCUT2D eigenvalue weighted by Crippen LogP contribution is 2.33. The van der Waals surface area contributed by atoms with Crippen LogP contribution in [-0.2, 0) is 19.6 Å². The fourth-order valence-corrected chi connectivity index (χ4v) is 3.47. The number of aromatic nitrogens is 1. The van der Waals surface area contributed by atoms with E-state index in [1.54, 1.807) is 0 Å². The van der Waals surface area contributed by atoms with Crippen LogP contribution in [0.15, 0.2) is 54.7 Å². The third kappa shape index (κ3) is 3.63. The Bertz CT molecular complexity index is 933. The van der Waals surface area contributed by atoms with Crippen LogP contribution in [0.25, 0.3) is 11.1 Å². The second kappa shape index (κ2) is 7.30. The molecule has 0 bridgehead atoms. The van der Waals surface area contributed by atoms with Crippen LogP contribution in [0.4, 0.5) is 0 Å². The van der Waals surface area contributed by atoms with Gasteiger partial charge in [-0.15, -0.1) is 0 Å². The maximum absolute atomic E-state index is 6.15. The van der Waals surface area contributed by atoms with E-state index in [9.17, 15) is 0 Å². The van der Waals surface area contributed by atoms with Gasteiger partial charge >= 0.3 is 0 Å². The Morgan fingerprint density at radius 3 is 2.73 bits per heavy atom. The van der Waals surface area contributed by atoms with E-state index >= 15 is 0 Å². The number of aryl methyl sites for hydroxylation is 2. The summed E-state index contributed by atoms with van der Waals surface area (Å²) in [5.74, 6) is 0.905. The molecule has 0 fully saturated rings. The summed E-state index contributed by atoms with van der Waals surface area (Å²) in [4.78, 5) is 4.40. The Morgan fingerprint density at radius 1 is 0.962 bits per heavy atom. The molecule has 0 amide bonds. The van der Waals surface area contributed by atoms with E-state index in [0.717, 1.165) is 36.5 Å². The van der Waals surface area contributed by atoms with E-state index < -0.39 is 0 Å². The number of ether oxygens (including phenoxy) is 1. The Balaban J connectivity index is 1.64. The highest BCUT2D eigenvalue weighted by Gasteiger charge is 2.13. The minimum Gasteiger partial charge on any atom is -0.487 e. The lowest BCUT2D eigenvalue weighted by Gasteiger charge is -2.19. The molecule has 0 radical (unpaired) electrons. The van der Waals surface area contributed by atoms with Gasteiger partial charge in [0.1, 0.15) is 12.4 Å². The fraction of sp³-hybridized carbons (Fsp3) is 0.261. The molecular weight excluding hydrogens is 320 g/mol. The first-order chi connectivity index (χ1) is 12.7. The van der Waals surface area contributed by atoms with Gasteiger partial charge in [-0.2, -0.15) is 0 Å². The summed E-state index contributed by atoms with van der Waals surface area (Å²) in [7, 11) is 0. The lowest BCUT2D eigenvalue weighted by Crippen LogP contribution is -2.23. The van der Waals surface area contributed by atoms with Crippen molar-refractivity contribution in [1.29, 1.82) is 0 Å². The third-order valence-corrected chi connectivity index (χ3v) is 4.89. The first-order valence-electron chi connectivity index (χ1n) is 9.17. The van der Waals surface area contributed by atoms with Crippen LogP contribution in [0.3, 0.4) is 0 Å². The molecule has 3 heteroatoms. The standard InChI is InChI=1S/C23H24N2O/c1-16-3-6-23(26-15-21-11-17(2)7-10-25-21)22(12-16)19-5-4-18-8-9-24-14-20(18)13-19/h3-7,10-13,24H,8-9,14-15H2,1-2H3. The van der Waals surface area contributed by atoms with E-state index in [-0.39, 0.29) is 0 Å². The van der Waals surface area contributed by atoms with Crippen molar-refractivity contribution in [2.75, 3.05) is 6.54 Å². The fourth-order valence-electron chi connectivity index (χ4n) is 3.47. The highest BCUT2D eigenvalue weighted by molar-refractivity contribution is 5.72. The van der Waals surface area contributed by atoms with Crippen LogP contribution in [-0.4, -0.2) is 11.5 Å². The molecule has 26 heavy (non-hydrogen) atoms. The van der Waals surface area contributed by atoms with Crippen molar-refractivity contribution in [3.8, 4) is 16.9 Å². The van der Waals surface area contributed by atoms with Crippen LogP contribution >= 0.6 is 0 Å². The minimum atomic E-state index is 0.476. The van der Waals surface area contributed by atoms with Crippen molar-refractivity contribution in [2.45, 2.75) is 33.4 Å². The molecule has 0 aliphatic carbocycles. The Kier molecular flexibility index (Phi) is 4.72. The molecule has 0 saturated carbocycles. The number of hydrogen-bond acceptors (Lipinski definition) is 3. The predicted molar refractivity (Wildman–Crippen MR) is 105 cm³/mol. The van der Waals surface area contributed by atoms with Crippen LogP contribution in [0.5, 0.6) is 5.75 Å². The first-order valence-corrected chi connectivity index (χ1v) is 9.17. The van der Waals surface area contributed by atoms with Crippen molar-refractivity contribution in [3.63, 3.8) is 0 Å². The van der Waals surface area contributed by atoms with Crippen LogP contribution in [0, 0.1) is 13.8 Å². The summed E-state index contributed by atoms with van der Waals surface area (Å²) >= 11 is 0. The van der Waals surface area contributed by atoms with E-state index in [1.807, 2.05) is 12.3 Å². The number of fused-ring (bicyclic) bond motifs is 1. The van der Waals surface area contributed by atoms with Gasteiger partial charge in [0.15, 0.2) is 0 Å². The molecule has 1 aromatic heterocycles. The summed E-state index contributed by atoms with van der Waals surface area (Å²) in [6.07, 6.45) is 2.94. The smallest absolute Gasteiger partial charge is 0.130 e. The normalized spacial score (nSPS) is 13.3. The number of nitrogens with zero attached hydrogens (tertiary/aromatic N) is 1. The van der Waals surface area contributed by atoms with E-state index in [0.29, 0.717) is 6.61 Å². The molecule has 3 aromatic rings. The van der Waals surface area contributed by atoms with Gasteiger partial charge in [-0.3, -0.25) is 4.98 Å². The third-order valence-electron chi connectivity index (χ3n) is 4.89. The molecule has 1 N–H and O–H groups in total. The Labute approximate surface area is 155 Å². The molecule has 0 spiro atoms. The van der Waals surface area contributed by atoms with Crippen molar-refractivity contribution in [3.05, 3.63) is 82.7 Å². The second-order valence-electron chi connectivity index (χ2n) is 7.02. The summed E-state index contributed by atoms with van der Waals surface area (Å²) < 4.78 is 6.15. The minimum absolute atomic E-state index is 0.476. The molecule has 132 valence electrons. The SMILES string of the molecule is Cc1ccnc(COc2ccc(C)cc2-c2ccc3c(c2)CNCC3)c1. The second-order valence-corrected chi connectivity index (χ2v) is 7.02. The van der Waals surface area contributed by atoms with Gasteiger partial charge in [0.05, 0.1) is 5.69 Å². The van der Waals surface area contributed by atoms with Gasteiger partial charge < -0.3 is 10.1 Å². The van der Waals surface area contributed by atoms with E-state index in [2.05, 4.69) is 66.6 Å². The topological polar surface area (TPSA) is 34.1 Å². The zero-order chi connectivity index (χ0) is 17.9. The summed E-state index contributed by atoms with van der Waals surface area (Å²) in [5, 5.41) is 3.46. The molecule has 2 aromatic carbocycles. The number of rotatable bonds is 4. The maximum atomic E-state index is 6.15. The quantitative estimate of drug-likeness (QED) is 0.752. The maximum Gasteiger partial charge on any atom is 0.130 e. The highest BCUT2D eigenvalue weighted by atomic mass is 16.5. The molecule has 1 aliphatic heterocycles. The van der Waals surface area contributed by atoms with E-state index in [4.69, 9.17) is 4.74 Å². The van der Waals surface area contributed by atoms with E-state index in [1.165, 1.54) is 27.8 Å². The molecular formula is C23H24N2O. The average molecular weight is 344 g/mol. The van der Waals surface area contributed by atoms with Gasteiger partial charge in [-0.1, -0.05) is 23.8 Å². The van der Waals surface area contributed by atoms with Gasteiger partial charge in [0.2, 0.25) is 0 Å². The Hall–Kier alpha value is -2.65. The van der Waals surface area contributed by atoms with Crippen LogP contribution < -0.4 is 10.1 Å². The van der Waals surface area contributed by atoms with Crippen molar-refractivity contribution >= 4 is 0 Å². The molecule has 1 aliphatic rings. The van der Waals surface area contributed by atoms with Crippen molar-refractivity contribution in [2.24, 2.45) is 0 Å². The van der Waals surface area contributed by atoms with Crippen LogP contribution in [0.1, 0.15) is 27.9 Å². The molecule has 3 nitrogen and oxygen atoms in total. The zero-order valence-corrected chi connectivity index (χ0v) is 15.4. The monoisotopic (exact) mass is 344 g/mol. The first kappa shape index (κ1) is 16.8. The predicted octanol–water partition coefficient (Wildman–Crippen LogP) is 4.59. The van der Waals surface area contributed by atoms with Crippen molar-refractivity contribution in [1.82, 2.24) is 10.3 Å². The zero-order valence-electron chi connectivity index (χ0n) is 15.4. The average Bonchev–Trinajstić information content (AvgIpc) is 2.66. The molecule has 0 atom stereocenters. The number of benzene rings is 2. The van der Waals surface area contributed by atoms with Gasteiger partial charge in [0, 0.05) is 18.3 Å². The lowest BCUT2D eigenvalue weighted by molar-refractivity contribution is 0.302. The van der Waals surface area contributed by atoms with Crippen LogP contribution in [0.2, 0.25) is 0 Å². The van der Waals surface area contributed by atoms with Gasteiger partial charge in [0.25, 0.3) is 0 Å². The summed E-state index contributed by atoms with van der Waals surface area (Å²) in [5.41, 5.74) is 8.58. The summed E-state index contributed by atoms with van der Waals surface area (Å²) in [6, 6.07) is 17.2.